The second-order valence-corrected chi connectivity index (χ2v) is 8.60. The van der Waals surface area contributed by atoms with E-state index in [0.29, 0.717) is 36.1 Å². The lowest BCUT2D eigenvalue weighted by molar-refractivity contribution is 0.582. The second kappa shape index (κ2) is 6.33. The number of guanidine groups is 1. The van der Waals surface area contributed by atoms with Crippen LogP contribution in [0.4, 0.5) is 0 Å². The molecule has 0 bridgehead atoms. The molecule has 20 heavy (non-hydrogen) atoms. The topological polar surface area (TPSA) is 70.6 Å². The molecular formula is C14H27N3O2S. The molecule has 1 heterocycles. The van der Waals surface area contributed by atoms with Gasteiger partial charge >= 0.3 is 0 Å². The van der Waals surface area contributed by atoms with Gasteiger partial charge in [-0.1, -0.05) is 13.8 Å². The van der Waals surface area contributed by atoms with Crippen LogP contribution in [0.2, 0.25) is 0 Å². The van der Waals surface area contributed by atoms with Crippen molar-refractivity contribution >= 4 is 15.8 Å². The molecule has 2 rings (SSSR count). The van der Waals surface area contributed by atoms with Crippen molar-refractivity contribution in [3.8, 4) is 0 Å². The molecule has 1 saturated carbocycles. The third kappa shape index (κ3) is 4.65. The van der Waals surface area contributed by atoms with E-state index in [1.807, 2.05) is 0 Å². The van der Waals surface area contributed by atoms with Crippen molar-refractivity contribution in [2.45, 2.75) is 52.1 Å². The van der Waals surface area contributed by atoms with E-state index in [4.69, 9.17) is 0 Å². The normalized spacial score (nSPS) is 33.8. The zero-order valence-corrected chi connectivity index (χ0v) is 13.5. The Balaban J connectivity index is 1.89. The molecule has 0 radical (unpaired) electrons. The predicted molar refractivity (Wildman–Crippen MR) is 82.7 cm³/mol. The Morgan fingerprint density at radius 1 is 1.45 bits per heavy atom. The molecule has 4 unspecified atom stereocenters. The van der Waals surface area contributed by atoms with E-state index in [0.717, 1.165) is 18.8 Å². The summed E-state index contributed by atoms with van der Waals surface area (Å²) in [6.07, 6.45) is 2.99. The molecule has 0 aromatic carbocycles. The quantitative estimate of drug-likeness (QED) is 0.590. The Labute approximate surface area is 122 Å². The fourth-order valence-electron chi connectivity index (χ4n) is 2.40. The highest BCUT2D eigenvalue weighted by Crippen LogP contribution is 2.28. The minimum absolute atomic E-state index is 0.187. The van der Waals surface area contributed by atoms with Crippen molar-refractivity contribution in [1.29, 1.82) is 0 Å². The summed E-state index contributed by atoms with van der Waals surface area (Å²) in [4.78, 5) is 4.60. The van der Waals surface area contributed by atoms with Crippen LogP contribution in [0.1, 0.15) is 40.0 Å². The molecule has 4 atom stereocenters. The predicted octanol–water partition coefficient (Wildman–Crippen LogP) is 1.16. The molecule has 1 aliphatic heterocycles. The summed E-state index contributed by atoms with van der Waals surface area (Å²) in [6, 6.07) is 0.903. The second-order valence-electron chi connectivity index (χ2n) is 6.38. The molecule has 116 valence electrons. The van der Waals surface area contributed by atoms with Gasteiger partial charge in [-0.25, -0.2) is 8.42 Å². The first-order valence-electron chi connectivity index (χ1n) is 7.67. The number of hydrogen-bond acceptors (Lipinski definition) is 3. The third-order valence-corrected chi connectivity index (χ3v) is 6.10. The monoisotopic (exact) mass is 301 g/mol. The number of hydrogen-bond donors (Lipinski definition) is 2. The van der Waals surface area contributed by atoms with Crippen molar-refractivity contribution in [3.05, 3.63) is 0 Å². The molecule has 1 saturated heterocycles. The van der Waals surface area contributed by atoms with Crippen LogP contribution < -0.4 is 10.6 Å². The van der Waals surface area contributed by atoms with Gasteiger partial charge in [0, 0.05) is 18.6 Å². The van der Waals surface area contributed by atoms with Gasteiger partial charge < -0.3 is 10.6 Å². The summed E-state index contributed by atoms with van der Waals surface area (Å²) in [5, 5.41) is 6.83. The molecule has 1 aliphatic carbocycles. The Morgan fingerprint density at radius 2 is 2.15 bits per heavy atom. The van der Waals surface area contributed by atoms with E-state index >= 15 is 0 Å². The number of nitrogens with one attached hydrogen (secondary N) is 2. The van der Waals surface area contributed by atoms with Gasteiger partial charge in [0.05, 0.1) is 11.5 Å². The van der Waals surface area contributed by atoms with Crippen molar-refractivity contribution in [1.82, 2.24) is 10.6 Å². The molecule has 2 fully saturated rings. The molecule has 0 spiro atoms. The van der Waals surface area contributed by atoms with Gasteiger partial charge in [0.25, 0.3) is 0 Å². The van der Waals surface area contributed by atoms with Crippen molar-refractivity contribution in [2.75, 3.05) is 18.1 Å². The maximum absolute atomic E-state index is 11.5. The molecule has 2 N–H and O–H groups in total. The van der Waals surface area contributed by atoms with Crippen molar-refractivity contribution in [3.63, 3.8) is 0 Å². The maximum Gasteiger partial charge on any atom is 0.191 e. The minimum atomic E-state index is -2.80. The first-order valence-corrected chi connectivity index (χ1v) is 9.49. The molecule has 0 aromatic heterocycles. The molecule has 0 aromatic rings. The standard InChI is InChI=1S/C14H27N3O2S/c1-4-11(3)16-14(17-13-7-10(13)2)15-8-12-5-6-20(18,19)9-12/h10-13H,4-9H2,1-3H3,(H2,15,16,17). The van der Waals surface area contributed by atoms with Crippen LogP contribution in [0.3, 0.4) is 0 Å². The van der Waals surface area contributed by atoms with Gasteiger partial charge in [0.15, 0.2) is 15.8 Å². The zero-order chi connectivity index (χ0) is 14.8. The third-order valence-electron chi connectivity index (χ3n) is 4.26. The van der Waals surface area contributed by atoms with Crippen LogP contribution in [-0.2, 0) is 9.84 Å². The summed E-state index contributed by atoms with van der Waals surface area (Å²) in [5.74, 6) is 2.37. The summed E-state index contributed by atoms with van der Waals surface area (Å²) in [5.41, 5.74) is 0. The van der Waals surface area contributed by atoms with E-state index in [2.05, 4.69) is 36.4 Å². The first kappa shape index (κ1) is 15.6. The molecule has 6 heteroatoms. The van der Waals surface area contributed by atoms with Gasteiger partial charge in [0.1, 0.15) is 0 Å². The molecule has 0 amide bonds. The summed E-state index contributed by atoms with van der Waals surface area (Å²) < 4.78 is 22.9. The van der Waals surface area contributed by atoms with E-state index in [1.165, 1.54) is 6.42 Å². The summed E-state index contributed by atoms with van der Waals surface area (Å²) >= 11 is 0. The molecule has 2 aliphatic rings. The van der Waals surface area contributed by atoms with Gasteiger partial charge in [-0.2, -0.15) is 0 Å². The van der Waals surface area contributed by atoms with E-state index in [1.54, 1.807) is 0 Å². The summed E-state index contributed by atoms with van der Waals surface area (Å²) in [6.45, 7) is 7.10. The van der Waals surface area contributed by atoms with E-state index in [9.17, 15) is 8.42 Å². The lowest BCUT2D eigenvalue weighted by Crippen LogP contribution is -2.43. The van der Waals surface area contributed by atoms with Crippen LogP contribution in [0.15, 0.2) is 4.99 Å². The number of aliphatic imine (C=N–C) groups is 1. The lowest BCUT2D eigenvalue weighted by Gasteiger charge is -2.17. The van der Waals surface area contributed by atoms with E-state index in [-0.39, 0.29) is 5.92 Å². The average molecular weight is 301 g/mol. The van der Waals surface area contributed by atoms with Crippen molar-refractivity contribution in [2.24, 2.45) is 16.8 Å². The minimum Gasteiger partial charge on any atom is -0.354 e. The molecular weight excluding hydrogens is 274 g/mol. The van der Waals surface area contributed by atoms with E-state index < -0.39 is 9.84 Å². The Kier molecular flexibility index (Phi) is 4.94. The average Bonchev–Trinajstić information content (AvgIpc) is 2.95. The van der Waals surface area contributed by atoms with Crippen LogP contribution in [0, 0.1) is 11.8 Å². The maximum atomic E-state index is 11.5. The van der Waals surface area contributed by atoms with Gasteiger partial charge in [-0.05, 0) is 38.0 Å². The van der Waals surface area contributed by atoms with Crippen LogP contribution in [0.25, 0.3) is 0 Å². The highest BCUT2D eigenvalue weighted by Gasteiger charge is 2.33. The number of nitrogens with zero attached hydrogens (tertiary/aromatic N) is 1. The fourth-order valence-corrected chi connectivity index (χ4v) is 4.25. The zero-order valence-electron chi connectivity index (χ0n) is 12.7. The lowest BCUT2D eigenvalue weighted by atomic mass is 10.1. The Bertz CT molecular complexity index is 453. The van der Waals surface area contributed by atoms with Gasteiger partial charge in [-0.3, -0.25) is 4.99 Å². The first-order chi connectivity index (χ1) is 9.39. The number of rotatable bonds is 5. The summed E-state index contributed by atoms with van der Waals surface area (Å²) in [7, 11) is -2.80. The fraction of sp³-hybridized carbons (Fsp3) is 0.929. The van der Waals surface area contributed by atoms with Gasteiger partial charge in [-0.15, -0.1) is 0 Å². The van der Waals surface area contributed by atoms with Crippen molar-refractivity contribution < 1.29 is 8.42 Å². The van der Waals surface area contributed by atoms with Crippen LogP contribution in [-0.4, -0.2) is 44.5 Å². The highest BCUT2D eigenvalue weighted by atomic mass is 32.2. The molecule has 5 nitrogen and oxygen atoms in total. The van der Waals surface area contributed by atoms with Crippen LogP contribution >= 0.6 is 0 Å². The van der Waals surface area contributed by atoms with Gasteiger partial charge in [0.2, 0.25) is 0 Å². The number of sulfone groups is 1. The smallest absolute Gasteiger partial charge is 0.191 e. The SMILES string of the molecule is CCC(C)NC(=NCC1CCS(=O)(=O)C1)NC1CC1C. The highest BCUT2D eigenvalue weighted by molar-refractivity contribution is 7.91. The Hall–Kier alpha value is -0.780. The largest absolute Gasteiger partial charge is 0.354 e. The van der Waals surface area contributed by atoms with Crippen LogP contribution in [0.5, 0.6) is 0 Å². The Morgan fingerprint density at radius 3 is 2.65 bits per heavy atom.